The number of ketones is 1. The minimum absolute atomic E-state index is 0.238. The summed E-state index contributed by atoms with van der Waals surface area (Å²) in [6.45, 7) is 1.46. The van der Waals surface area contributed by atoms with Crippen molar-refractivity contribution in [2.75, 3.05) is 0 Å². The van der Waals surface area contributed by atoms with Gasteiger partial charge in [-0.1, -0.05) is 0 Å². The first kappa shape index (κ1) is 8.93. The van der Waals surface area contributed by atoms with E-state index in [1.54, 1.807) is 0 Å². The van der Waals surface area contributed by atoms with Crippen LogP contribution in [0.2, 0.25) is 0 Å². The van der Waals surface area contributed by atoms with E-state index in [1.165, 1.54) is 6.92 Å². The molecule has 0 radical (unpaired) electrons. The molecule has 0 amide bonds. The lowest BCUT2D eigenvalue weighted by atomic mass is 10.0. The molecule has 0 heterocycles. The molecule has 0 saturated carbocycles. The van der Waals surface area contributed by atoms with Crippen LogP contribution >= 0.6 is 11.6 Å². The Bertz CT molecular complexity index is 308. The highest BCUT2D eigenvalue weighted by Gasteiger charge is 2.41. The Kier molecular flexibility index (Phi) is 2.02. The zero-order chi connectivity index (χ0) is 9.35. The van der Waals surface area contributed by atoms with E-state index in [2.05, 4.69) is 0 Å². The van der Waals surface area contributed by atoms with Crippen LogP contribution in [0.3, 0.4) is 0 Å². The number of carbonyl (C=O) groups is 1. The van der Waals surface area contributed by atoms with E-state index in [-0.39, 0.29) is 11.4 Å². The largest absolute Gasteiger partial charge is 0.335 e. The van der Waals surface area contributed by atoms with E-state index in [0.29, 0.717) is 0 Å². The molecule has 0 N–H and O–H groups in total. The van der Waals surface area contributed by atoms with E-state index in [4.69, 9.17) is 11.6 Å². The smallest absolute Gasteiger partial charge is 0.290 e. The molecule has 1 aliphatic carbocycles. The van der Waals surface area contributed by atoms with Crippen molar-refractivity contribution in [3.63, 3.8) is 0 Å². The van der Waals surface area contributed by atoms with Crippen molar-refractivity contribution in [1.29, 1.82) is 0 Å². The third kappa shape index (κ3) is 1.25. The summed E-state index contributed by atoms with van der Waals surface area (Å²) >= 11 is 5.62. The number of nitrogens with zero attached hydrogens (tertiary/aromatic N) is 1. The molecule has 0 spiro atoms. The lowest BCUT2D eigenvalue weighted by Gasteiger charge is -2.16. The maximum absolute atomic E-state index is 10.7. The van der Waals surface area contributed by atoms with Crippen molar-refractivity contribution >= 4 is 17.4 Å². The maximum Gasteiger partial charge on any atom is 0.335 e. The second kappa shape index (κ2) is 2.71. The van der Waals surface area contributed by atoms with Gasteiger partial charge in [-0.25, -0.2) is 0 Å². The summed E-state index contributed by atoms with van der Waals surface area (Å²) in [7, 11) is 0. The summed E-state index contributed by atoms with van der Waals surface area (Å²) in [6, 6.07) is 0. The van der Waals surface area contributed by atoms with Crippen LogP contribution in [0.25, 0.3) is 0 Å². The van der Waals surface area contributed by atoms with Gasteiger partial charge in [0.25, 0.3) is 0 Å². The summed E-state index contributed by atoms with van der Waals surface area (Å²) in [4.78, 5) is 18.8. The third-order valence-corrected chi connectivity index (χ3v) is 2.21. The van der Waals surface area contributed by atoms with Crippen LogP contribution in [0.4, 0.5) is 0 Å². The van der Waals surface area contributed by atoms with Gasteiger partial charge in [-0.2, -0.15) is 0 Å². The molecule has 1 rings (SSSR count). The molecule has 0 fully saturated rings. The van der Waals surface area contributed by atoms with Crippen LogP contribution in [0, 0.1) is 10.1 Å². The van der Waals surface area contributed by atoms with Gasteiger partial charge in [-0.3, -0.25) is 14.9 Å². The number of alkyl halides is 1. The second-order valence-corrected chi connectivity index (χ2v) is 3.07. The molecule has 0 aromatic carbocycles. The number of nitro groups is 1. The van der Waals surface area contributed by atoms with Crippen molar-refractivity contribution in [3.05, 3.63) is 33.9 Å². The minimum atomic E-state index is -1.73. The quantitative estimate of drug-likeness (QED) is 0.269. The van der Waals surface area contributed by atoms with Crippen LogP contribution < -0.4 is 0 Å². The molecule has 0 saturated heterocycles. The fraction of sp³-hybridized carbons (Fsp3) is 0.286. The number of hydrogen-bond donors (Lipinski definition) is 0. The van der Waals surface area contributed by atoms with Crippen molar-refractivity contribution < 1.29 is 9.72 Å². The summed E-state index contributed by atoms with van der Waals surface area (Å²) in [5, 5.41) is 10.5. The van der Waals surface area contributed by atoms with Crippen LogP contribution in [-0.2, 0) is 4.79 Å². The fourth-order valence-electron chi connectivity index (χ4n) is 0.892. The molecular formula is C7H6ClNO3. The monoisotopic (exact) mass is 187 g/mol. The van der Waals surface area contributed by atoms with Crippen LogP contribution in [0.5, 0.6) is 0 Å². The minimum Gasteiger partial charge on any atom is -0.290 e. The first-order chi connectivity index (χ1) is 5.47. The summed E-state index contributed by atoms with van der Waals surface area (Å²) in [5.74, 6) is -0.273. The topological polar surface area (TPSA) is 60.2 Å². The van der Waals surface area contributed by atoms with Gasteiger partial charge in [0.1, 0.15) is 0 Å². The summed E-state index contributed by atoms with van der Waals surface area (Å²) < 4.78 is 0. The Hall–Kier alpha value is -1.16. The van der Waals surface area contributed by atoms with Crippen LogP contribution in [0.15, 0.2) is 23.8 Å². The summed E-state index contributed by atoms with van der Waals surface area (Å²) in [6.07, 6.45) is 3.35. The predicted octanol–water partition coefficient (Wildman–Crippen LogP) is 1.28. The molecule has 1 atom stereocenters. The van der Waals surface area contributed by atoms with E-state index < -0.39 is 9.92 Å². The van der Waals surface area contributed by atoms with E-state index in [1.807, 2.05) is 0 Å². The first-order valence-electron chi connectivity index (χ1n) is 3.22. The fourth-order valence-corrected chi connectivity index (χ4v) is 1.01. The van der Waals surface area contributed by atoms with Crippen LogP contribution in [-0.4, -0.2) is 15.7 Å². The standard InChI is InChI=1S/C7H6ClNO3/c1-5-4-6(10)2-3-7(5,8)9(11)12/h2-4H,1H3. The average Bonchev–Trinajstić information content (AvgIpc) is 1.97. The van der Waals surface area contributed by atoms with E-state index in [9.17, 15) is 14.9 Å². The Labute approximate surface area is 73.7 Å². The highest BCUT2D eigenvalue weighted by Crippen LogP contribution is 2.29. The van der Waals surface area contributed by atoms with Crippen molar-refractivity contribution in [3.8, 4) is 0 Å². The molecule has 12 heavy (non-hydrogen) atoms. The molecule has 1 aliphatic rings. The Morgan fingerprint density at radius 2 is 2.25 bits per heavy atom. The molecule has 0 aliphatic heterocycles. The zero-order valence-electron chi connectivity index (χ0n) is 6.28. The average molecular weight is 188 g/mol. The predicted molar refractivity (Wildman–Crippen MR) is 43.5 cm³/mol. The number of halogens is 1. The van der Waals surface area contributed by atoms with Gasteiger partial charge in [0, 0.05) is 11.6 Å². The van der Waals surface area contributed by atoms with E-state index >= 15 is 0 Å². The second-order valence-electron chi connectivity index (χ2n) is 2.49. The third-order valence-electron chi connectivity index (χ3n) is 1.65. The zero-order valence-corrected chi connectivity index (χ0v) is 7.04. The summed E-state index contributed by atoms with van der Waals surface area (Å²) in [5.41, 5.74) is 0.238. The van der Waals surface area contributed by atoms with Gasteiger partial charge in [0.2, 0.25) is 0 Å². The Morgan fingerprint density at radius 3 is 2.67 bits per heavy atom. The Morgan fingerprint density at radius 1 is 1.67 bits per heavy atom. The number of allylic oxidation sites excluding steroid dienone is 2. The normalized spacial score (nSPS) is 28.5. The molecule has 0 aromatic rings. The number of carbonyl (C=O) groups excluding carboxylic acids is 1. The number of hydrogen-bond acceptors (Lipinski definition) is 3. The lowest BCUT2D eigenvalue weighted by molar-refractivity contribution is -0.517. The van der Waals surface area contributed by atoms with Crippen molar-refractivity contribution in [2.24, 2.45) is 0 Å². The van der Waals surface area contributed by atoms with Crippen molar-refractivity contribution in [1.82, 2.24) is 0 Å². The first-order valence-corrected chi connectivity index (χ1v) is 3.60. The van der Waals surface area contributed by atoms with Gasteiger partial charge in [0.05, 0.1) is 4.92 Å². The molecular weight excluding hydrogens is 182 g/mol. The SMILES string of the molecule is CC1=CC(=O)C=CC1(Cl)[N+](=O)[O-]. The van der Waals surface area contributed by atoms with Gasteiger partial charge in [-0.15, -0.1) is 0 Å². The van der Waals surface area contributed by atoms with Gasteiger partial charge >= 0.3 is 5.00 Å². The van der Waals surface area contributed by atoms with Crippen molar-refractivity contribution in [2.45, 2.75) is 11.9 Å². The highest BCUT2D eigenvalue weighted by atomic mass is 35.5. The molecule has 64 valence electrons. The molecule has 1 unspecified atom stereocenters. The maximum atomic E-state index is 10.7. The lowest BCUT2D eigenvalue weighted by Crippen LogP contribution is -2.33. The molecule has 5 heteroatoms. The highest BCUT2D eigenvalue weighted by molar-refractivity contribution is 6.27. The van der Waals surface area contributed by atoms with Crippen LogP contribution in [0.1, 0.15) is 6.92 Å². The van der Waals surface area contributed by atoms with Gasteiger partial charge < -0.3 is 0 Å². The Balaban J connectivity index is 3.11. The molecule has 0 bridgehead atoms. The van der Waals surface area contributed by atoms with Gasteiger partial charge in [-0.05, 0) is 30.7 Å². The number of rotatable bonds is 1. The molecule has 0 aromatic heterocycles. The van der Waals surface area contributed by atoms with E-state index in [0.717, 1.165) is 18.2 Å². The molecule has 4 nitrogen and oxygen atoms in total. The van der Waals surface area contributed by atoms with Gasteiger partial charge in [0.15, 0.2) is 5.78 Å².